The second-order valence-electron chi connectivity index (χ2n) is 7.51. The zero-order valence-corrected chi connectivity index (χ0v) is 15.2. The number of carbonyl (C=O) groups excluding carboxylic acids is 2. The maximum absolute atomic E-state index is 12.5. The lowest BCUT2D eigenvalue weighted by Gasteiger charge is -2.35. The highest BCUT2D eigenvalue weighted by Crippen LogP contribution is 2.28. The first-order valence-electron chi connectivity index (χ1n) is 8.45. The van der Waals surface area contributed by atoms with E-state index in [0.29, 0.717) is 37.2 Å². The Hall–Kier alpha value is -2.44. The molecule has 0 aliphatic carbocycles. The number of likely N-dealkylation sites (tertiary alicyclic amines) is 1. The monoisotopic (exact) mass is 347 g/mol. The van der Waals surface area contributed by atoms with E-state index in [2.05, 4.69) is 5.32 Å². The number of rotatable bonds is 3. The Morgan fingerprint density at radius 1 is 1.24 bits per heavy atom. The van der Waals surface area contributed by atoms with E-state index < -0.39 is 10.3 Å². The van der Waals surface area contributed by atoms with Gasteiger partial charge in [0.1, 0.15) is 0 Å². The number of hydrogen-bond acceptors (Lipinski definition) is 4. The van der Waals surface area contributed by atoms with Gasteiger partial charge >= 0.3 is 0 Å². The summed E-state index contributed by atoms with van der Waals surface area (Å²) in [6, 6.07) is 4.64. The number of nitro benzene ring substituents is 1. The van der Waals surface area contributed by atoms with Gasteiger partial charge in [-0.1, -0.05) is 26.8 Å². The maximum Gasteiger partial charge on any atom is 0.274 e. The summed E-state index contributed by atoms with van der Waals surface area (Å²) in [6.07, 6.45) is 1.20. The molecule has 0 saturated carbocycles. The summed E-state index contributed by atoms with van der Waals surface area (Å²) in [5.74, 6) is -0.241. The van der Waals surface area contributed by atoms with Crippen molar-refractivity contribution in [2.45, 2.75) is 40.5 Å². The minimum Gasteiger partial charge on any atom is -0.342 e. The van der Waals surface area contributed by atoms with Gasteiger partial charge in [0, 0.05) is 30.5 Å². The van der Waals surface area contributed by atoms with Gasteiger partial charge < -0.3 is 10.2 Å². The summed E-state index contributed by atoms with van der Waals surface area (Å²) in [5, 5.41) is 13.8. The summed E-state index contributed by atoms with van der Waals surface area (Å²) in [7, 11) is 0. The molecular formula is C18H25N3O4. The Kier molecular flexibility index (Phi) is 5.45. The fourth-order valence-corrected chi connectivity index (χ4v) is 3.01. The molecule has 2 rings (SSSR count). The normalized spacial score (nSPS) is 15.8. The number of anilines is 1. The third-order valence-corrected chi connectivity index (χ3v) is 4.55. The fourth-order valence-electron chi connectivity index (χ4n) is 3.01. The van der Waals surface area contributed by atoms with Gasteiger partial charge in [0.25, 0.3) is 5.69 Å². The zero-order valence-electron chi connectivity index (χ0n) is 15.2. The van der Waals surface area contributed by atoms with Gasteiger partial charge in [0.2, 0.25) is 11.8 Å². The highest BCUT2D eigenvalue weighted by molar-refractivity contribution is 5.94. The average Bonchev–Trinajstić information content (AvgIpc) is 2.55. The van der Waals surface area contributed by atoms with Crippen molar-refractivity contribution in [1.82, 2.24) is 4.90 Å². The van der Waals surface area contributed by atoms with E-state index in [-0.39, 0.29) is 23.4 Å². The first-order valence-corrected chi connectivity index (χ1v) is 8.45. The number of benzene rings is 1. The molecule has 1 saturated heterocycles. The number of carbonyl (C=O) groups is 2. The summed E-state index contributed by atoms with van der Waals surface area (Å²) in [5.41, 5.74) is 0.479. The molecule has 7 nitrogen and oxygen atoms in total. The van der Waals surface area contributed by atoms with Gasteiger partial charge in [0.05, 0.1) is 16.2 Å². The molecule has 1 aliphatic rings. The van der Waals surface area contributed by atoms with Gasteiger partial charge in [-0.2, -0.15) is 0 Å². The van der Waals surface area contributed by atoms with E-state index in [1.165, 1.54) is 6.07 Å². The van der Waals surface area contributed by atoms with E-state index in [1.54, 1.807) is 19.1 Å². The Balaban J connectivity index is 1.99. The van der Waals surface area contributed by atoms with E-state index in [9.17, 15) is 19.7 Å². The number of nitrogens with one attached hydrogen (secondary N) is 1. The second-order valence-corrected chi connectivity index (χ2v) is 7.51. The minimum atomic E-state index is -0.457. The molecule has 7 heteroatoms. The van der Waals surface area contributed by atoms with Gasteiger partial charge in [-0.25, -0.2) is 0 Å². The summed E-state index contributed by atoms with van der Waals surface area (Å²) in [4.78, 5) is 37.1. The van der Waals surface area contributed by atoms with Crippen LogP contribution in [0.2, 0.25) is 0 Å². The van der Waals surface area contributed by atoms with Crippen molar-refractivity contribution in [3.63, 3.8) is 0 Å². The van der Waals surface area contributed by atoms with E-state index >= 15 is 0 Å². The highest BCUT2D eigenvalue weighted by atomic mass is 16.6. The Morgan fingerprint density at radius 3 is 2.36 bits per heavy atom. The summed E-state index contributed by atoms with van der Waals surface area (Å²) < 4.78 is 0. The Bertz CT molecular complexity index is 686. The predicted molar refractivity (Wildman–Crippen MR) is 95.2 cm³/mol. The molecule has 1 aliphatic heterocycles. The van der Waals surface area contributed by atoms with Crippen LogP contribution in [-0.4, -0.2) is 34.7 Å². The molecule has 1 heterocycles. The lowest BCUT2D eigenvalue weighted by molar-refractivity contribution is -0.385. The van der Waals surface area contributed by atoms with Gasteiger partial charge in [-0.15, -0.1) is 0 Å². The molecule has 0 bridgehead atoms. The molecule has 0 unspecified atom stereocenters. The van der Waals surface area contributed by atoms with Crippen molar-refractivity contribution in [2.24, 2.45) is 11.3 Å². The molecule has 1 N–H and O–H groups in total. The molecule has 1 aromatic carbocycles. The van der Waals surface area contributed by atoms with E-state index in [4.69, 9.17) is 0 Å². The number of piperidine rings is 1. The average molecular weight is 347 g/mol. The van der Waals surface area contributed by atoms with Crippen LogP contribution in [-0.2, 0) is 9.59 Å². The topological polar surface area (TPSA) is 92.6 Å². The third-order valence-electron chi connectivity index (χ3n) is 4.55. The van der Waals surface area contributed by atoms with Crippen molar-refractivity contribution in [3.05, 3.63) is 33.9 Å². The van der Waals surface area contributed by atoms with Crippen LogP contribution in [0.15, 0.2) is 18.2 Å². The lowest BCUT2D eigenvalue weighted by Crippen LogP contribution is -2.45. The Labute approximate surface area is 147 Å². The van der Waals surface area contributed by atoms with Crippen molar-refractivity contribution in [3.8, 4) is 0 Å². The molecule has 136 valence electrons. The molecule has 1 fully saturated rings. The lowest BCUT2D eigenvalue weighted by atomic mass is 9.90. The summed E-state index contributed by atoms with van der Waals surface area (Å²) in [6.45, 7) is 8.40. The maximum atomic E-state index is 12.5. The number of nitro groups is 1. The largest absolute Gasteiger partial charge is 0.342 e. The van der Waals surface area contributed by atoms with Crippen LogP contribution < -0.4 is 5.32 Å². The Morgan fingerprint density at radius 2 is 1.84 bits per heavy atom. The second kappa shape index (κ2) is 7.21. The molecule has 0 radical (unpaired) electrons. The number of nitrogens with zero attached hydrogens (tertiary/aromatic N) is 2. The first-order chi connectivity index (χ1) is 11.6. The molecule has 2 amide bonds. The van der Waals surface area contributed by atoms with Crippen molar-refractivity contribution in [1.29, 1.82) is 0 Å². The van der Waals surface area contributed by atoms with E-state index in [1.807, 2.05) is 25.7 Å². The molecular weight excluding hydrogens is 322 g/mol. The standard InChI is InChI=1S/C18H25N3O4/c1-12-14(6-5-7-15(12)21(24)25)19-16(22)13-8-10-20(11-9-13)17(23)18(2,3)4/h5-7,13H,8-11H2,1-4H3,(H,19,22). The predicted octanol–water partition coefficient (Wildman–Crippen LogP) is 3.13. The van der Waals surface area contributed by atoms with Gasteiger partial charge in [0.15, 0.2) is 0 Å². The molecule has 25 heavy (non-hydrogen) atoms. The smallest absolute Gasteiger partial charge is 0.274 e. The first kappa shape index (κ1) is 18.9. The summed E-state index contributed by atoms with van der Waals surface area (Å²) >= 11 is 0. The van der Waals surface area contributed by atoms with Crippen molar-refractivity contribution >= 4 is 23.2 Å². The highest BCUT2D eigenvalue weighted by Gasteiger charge is 2.32. The van der Waals surface area contributed by atoms with Crippen LogP contribution in [0.4, 0.5) is 11.4 Å². The number of amides is 2. The third kappa shape index (κ3) is 4.35. The minimum absolute atomic E-state index is 0.0107. The SMILES string of the molecule is Cc1c(NC(=O)C2CCN(C(=O)C(C)(C)C)CC2)cccc1[N+](=O)[O-]. The molecule has 1 aromatic rings. The van der Waals surface area contributed by atoms with Crippen LogP contribution >= 0.6 is 0 Å². The molecule has 0 atom stereocenters. The van der Waals surface area contributed by atoms with Crippen molar-refractivity contribution in [2.75, 3.05) is 18.4 Å². The van der Waals surface area contributed by atoms with Crippen LogP contribution in [0.5, 0.6) is 0 Å². The van der Waals surface area contributed by atoms with Crippen LogP contribution in [0, 0.1) is 28.4 Å². The van der Waals surface area contributed by atoms with Crippen LogP contribution in [0.25, 0.3) is 0 Å². The van der Waals surface area contributed by atoms with Crippen LogP contribution in [0.1, 0.15) is 39.2 Å². The van der Waals surface area contributed by atoms with Crippen molar-refractivity contribution < 1.29 is 14.5 Å². The van der Waals surface area contributed by atoms with Gasteiger partial charge in [-0.05, 0) is 25.8 Å². The van der Waals surface area contributed by atoms with Gasteiger partial charge in [-0.3, -0.25) is 19.7 Å². The van der Waals surface area contributed by atoms with Crippen LogP contribution in [0.3, 0.4) is 0 Å². The van der Waals surface area contributed by atoms with E-state index in [0.717, 1.165) is 0 Å². The molecule has 0 aromatic heterocycles. The number of hydrogen-bond donors (Lipinski definition) is 1. The fraction of sp³-hybridized carbons (Fsp3) is 0.556. The quantitative estimate of drug-likeness (QED) is 0.671. The molecule has 0 spiro atoms. The zero-order chi connectivity index (χ0) is 18.8.